The molecule has 0 N–H and O–H groups in total. The number of likely N-dealkylation sites (tertiary alicyclic amines) is 1. The fourth-order valence-electron chi connectivity index (χ4n) is 1.75. The third kappa shape index (κ3) is 2.59. The largest absolute Gasteiger partial charge is 0.300 e. The van der Waals surface area contributed by atoms with E-state index in [0.717, 1.165) is 18.7 Å². The van der Waals surface area contributed by atoms with Gasteiger partial charge in [-0.1, -0.05) is 19.9 Å². The van der Waals surface area contributed by atoms with Crippen molar-refractivity contribution in [2.45, 2.75) is 33.7 Å². The van der Waals surface area contributed by atoms with Crippen molar-refractivity contribution in [1.29, 1.82) is 5.26 Å². The summed E-state index contributed by atoms with van der Waals surface area (Å²) in [7, 11) is 0. The molecule has 78 valence electrons. The van der Waals surface area contributed by atoms with E-state index in [1.165, 1.54) is 0 Å². The lowest BCUT2D eigenvalue weighted by Crippen LogP contribution is -2.50. The molecule has 1 fully saturated rings. The van der Waals surface area contributed by atoms with Gasteiger partial charge in [-0.25, -0.2) is 0 Å². The summed E-state index contributed by atoms with van der Waals surface area (Å²) >= 11 is 0. The zero-order chi connectivity index (χ0) is 10.7. The van der Waals surface area contributed by atoms with Gasteiger partial charge in [0.25, 0.3) is 0 Å². The molecule has 2 nitrogen and oxygen atoms in total. The summed E-state index contributed by atoms with van der Waals surface area (Å²) in [5, 5.41) is 9.00. The minimum Gasteiger partial charge on any atom is -0.300 e. The van der Waals surface area contributed by atoms with Crippen LogP contribution in [-0.4, -0.2) is 24.0 Å². The molecule has 0 bridgehead atoms. The summed E-state index contributed by atoms with van der Waals surface area (Å²) in [6.07, 6.45) is 2.10. The standard InChI is InChI=1S/C12H20N2/c1-9(2)5-11(6-13)12-7-14(8-12)10(3)4/h5,9-10,12H,7-8H2,1-4H3/b11-5+. The van der Waals surface area contributed by atoms with Gasteiger partial charge in [-0.3, -0.25) is 4.90 Å². The Labute approximate surface area is 87.2 Å². The lowest BCUT2D eigenvalue weighted by Gasteiger charge is -2.42. The second kappa shape index (κ2) is 4.61. The predicted octanol–water partition coefficient (Wildman–Crippen LogP) is 2.43. The van der Waals surface area contributed by atoms with Gasteiger partial charge in [-0.05, 0) is 19.8 Å². The number of hydrogen-bond acceptors (Lipinski definition) is 2. The Balaban J connectivity index is 2.49. The molecule has 1 aliphatic heterocycles. The fourth-order valence-corrected chi connectivity index (χ4v) is 1.75. The zero-order valence-electron chi connectivity index (χ0n) is 9.62. The molecule has 1 aliphatic rings. The van der Waals surface area contributed by atoms with Gasteiger partial charge in [0, 0.05) is 30.6 Å². The molecule has 0 atom stereocenters. The first-order valence-corrected chi connectivity index (χ1v) is 5.40. The van der Waals surface area contributed by atoms with Crippen LogP contribution in [0.25, 0.3) is 0 Å². The number of nitriles is 1. The van der Waals surface area contributed by atoms with Crippen LogP contribution in [0.5, 0.6) is 0 Å². The first-order chi connectivity index (χ1) is 6.54. The Morgan fingerprint density at radius 1 is 1.36 bits per heavy atom. The van der Waals surface area contributed by atoms with Gasteiger partial charge in [0.05, 0.1) is 6.07 Å². The summed E-state index contributed by atoms with van der Waals surface area (Å²) in [6.45, 7) is 10.8. The average molecular weight is 192 g/mol. The zero-order valence-corrected chi connectivity index (χ0v) is 9.62. The van der Waals surface area contributed by atoms with E-state index in [1.807, 2.05) is 0 Å². The maximum atomic E-state index is 9.00. The Hall–Kier alpha value is -0.810. The number of allylic oxidation sites excluding steroid dienone is 1. The van der Waals surface area contributed by atoms with Crippen LogP contribution in [0.4, 0.5) is 0 Å². The van der Waals surface area contributed by atoms with E-state index < -0.39 is 0 Å². The Morgan fingerprint density at radius 2 is 1.93 bits per heavy atom. The highest BCUT2D eigenvalue weighted by atomic mass is 15.2. The van der Waals surface area contributed by atoms with Gasteiger partial charge >= 0.3 is 0 Å². The van der Waals surface area contributed by atoms with Gasteiger partial charge in [0.15, 0.2) is 0 Å². The molecule has 14 heavy (non-hydrogen) atoms. The molecule has 1 rings (SSSR count). The Bertz CT molecular complexity index is 252. The summed E-state index contributed by atoms with van der Waals surface area (Å²) in [6, 6.07) is 2.95. The molecule has 0 aromatic rings. The Kier molecular flexibility index (Phi) is 3.71. The van der Waals surface area contributed by atoms with Crippen LogP contribution in [0, 0.1) is 23.2 Å². The molecule has 0 amide bonds. The van der Waals surface area contributed by atoms with Crippen molar-refractivity contribution < 1.29 is 0 Å². The van der Waals surface area contributed by atoms with E-state index in [4.69, 9.17) is 5.26 Å². The highest BCUT2D eigenvalue weighted by molar-refractivity contribution is 5.27. The van der Waals surface area contributed by atoms with E-state index >= 15 is 0 Å². The van der Waals surface area contributed by atoms with Gasteiger partial charge < -0.3 is 0 Å². The average Bonchev–Trinajstić information content (AvgIpc) is 1.98. The van der Waals surface area contributed by atoms with E-state index in [1.54, 1.807) is 0 Å². The van der Waals surface area contributed by atoms with Gasteiger partial charge in [0.1, 0.15) is 0 Å². The SMILES string of the molecule is CC(C)/C=C(\C#N)C1CN(C(C)C)C1. The van der Waals surface area contributed by atoms with Crippen molar-refractivity contribution in [1.82, 2.24) is 4.90 Å². The van der Waals surface area contributed by atoms with E-state index in [0.29, 0.717) is 17.9 Å². The minimum absolute atomic E-state index is 0.484. The molecule has 0 aromatic heterocycles. The van der Waals surface area contributed by atoms with E-state index in [-0.39, 0.29) is 0 Å². The quantitative estimate of drug-likeness (QED) is 0.642. The molecule has 0 saturated carbocycles. The summed E-state index contributed by atoms with van der Waals surface area (Å²) in [5.74, 6) is 0.975. The lowest BCUT2D eigenvalue weighted by molar-refractivity contribution is 0.0899. The lowest BCUT2D eigenvalue weighted by atomic mass is 9.89. The highest BCUT2D eigenvalue weighted by Crippen LogP contribution is 2.25. The van der Waals surface area contributed by atoms with Crippen molar-refractivity contribution in [2.75, 3.05) is 13.1 Å². The topological polar surface area (TPSA) is 27.0 Å². The molecular weight excluding hydrogens is 172 g/mol. The number of hydrogen-bond donors (Lipinski definition) is 0. The molecule has 2 heteroatoms. The van der Waals surface area contributed by atoms with Crippen LogP contribution < -0.4 is 0 Å². The molecule has 0 aromatic carbocycles. The maximum Gasteiger partial charge on any atom is 0.0947 e. The van der Waals surface area contributed by atoms with Crippen molar-refractivity contribution in [2.24, 2.45) is 11.8 Å². The van der Waals surface area contributed by atoms with Crippen molar-refractivity contribution in [3.05, 3.63) is 11.6 Å². The summed E-state index contributed by atoms with van der Waals surface area (Å²) < 4.78 is 0. The van der Waals surface area contributed by atoms with Crippen molar-refractivity contribution in [3.8, 4) is 6.07 Å². The van der Waals surface area contributed by atoms with Crippen molar-refractivity contribution >= 4 is 0 Å². The summed E-state index contributed by atoms with van der Waals surface area (Å²) in [4.78, 5) is 2.40. The molecular formula is C12H20N2. The van der Waals surface area contributed by atoms with Crippen LogP contribution in [0.1, 0.15) is 27.7 Å². The molecule has 0 spiro atoms. The third-order valence-corrected chi connectivity index (χ3v) is 2.72. The summed E-state index contributed by atoms with van der Waals surface area (Å²) in [5.41, 5.74) is 0.983. The van der Waals surface area contributed by atoms with Crippen LogP contribution >= 0.6 is 0 Å². The molecule has 0 aliphatic carbocycles. The number of rotatable bonds is 3. The molecule has 1 heterocycles. The van der Waals surface area contributed by atoms with E-state index in [9.17, 15) is 0 Å². The van der Waals surface area contributed by atoms with Crippen LogP contribution in [0.15, 0.2) is 11.6 Å². The highest BCUT2D eigenvalue weighted by Gasteiger charge is 2.31. The number of nitrogens with zero attached hydrogens (tertiary/aromatic N) is 2. The van der Waals surface area contributed by atoms with Crippen LogP contribution in [0.2, 0.25) is 0 Å². The van der Waals surface area contributed by atoms with Gasteiger partial charge in [0.2, 0.25) is 0 Å². The molecule has 1 saturated heterocycles. The first kappa shape index (κ1) is 11.3. The Morgan fingerprint density at radius 3 is 2.29 bits per heavy atom. The molecule has 0 radical (unpaired) electrons. The first-order valence-electron chi connectivity index (χ1n) is 5.40. The monoisotopic (exact) mass is 192 g/mol. The fraction of sp³-hybridized carbons (Fsp3) is 0.750. The predicted molar refractivity (Wildman–Crippen MR) is 58.7 cm³/mol. The van der Waals surface area contributed by atoms with Crippen molar-refractivity contribution in [3.63, 3.8) is 0 Å². The normalized spacial score (nSPS) is 19.9. The smallest absolute Gasteiger partial charge is 0.0947 e. The second-order valence-electron chi connectivity index (χ2n) is 4.72. The van der Waals surface area contributed by atoms with Crippen LogP contribution in [-0.2, 0) is 0 Å². The maximum absolute atomic E-state index is 9.00. The second-order valence-corrected chi connectivity index (χ2v) is 4.72. The minimum atomic E-state index is 0.484. The van der Waals surface area contributed by atoms with Gasteiger partial charge in [-0.2, -0.15) is 5.26 Å². The van der Waals surface area contributed by atoms with Gasteiger partial charge in [-0.15, -0.1) is 0 Å². The van der Waals surface area contributed by atoms with E-state index in [2.05, 4.69) is 44.7 Å². The third-order valence-electron chi connectivity index (χ3n) is 2.72. The van der Waals surface area contributed by atoms with Crippen LogP contribution in [0.3, 0.4) is 0 Å². The molecule has 0 unspecified atom stereocenters.